The normalized spacial score (nSPS) is 29.8. The summed E-state index contributed by atoms with van der Waals surface area (Å²) in [6.07, 6.45) is 2.97. The van der Waals surface area contributed by atoms with Gasteiger partial charge in [-0.1, -0.05) is 30.3 Å². The van der Waals surface area contributed by atoms with Crippen molar-refractivity contribution in [2.75, 3.05) is 13.1 Å². The summed E-state index contributed by atoms with van der Waals surface area (Å²) in [6.45, 7) is 2.02. The standard InChI is InChI=1S/C27H34N2O4/c28-16-17-3-1-4-19(13-17)18-9-11-29(12-10-18)27(32)21-5-2-6-22(14-21)33-24-15-20-7-8-23(24)26(31)25(20)30/h1-6,13-14,18,20,23-26,30-31H,7-12,15-16,28H2/t20-,23+,24+,25+,26-/m1/s1. The van der Waals surface area contributed by atoms with Gasteiger partial charge in [0.05, 0.1) is 12.2 Å². The molecule has 0 aromatic heterocycles. The Balaban J connectivity index is 1.21. The lowest BCUT2D eigenvalue weighted by molar-refractivity contribution is -0.148. The average molecular weight is 451 g/mol. The molecule has 1 saturated heterocycles. The zero-order valence-electron chi connectivity index (χ0n) is 19.0. The van der Waals surface area contributed by atoms with Crippen LogP contribution < -0.4 is 10.5 Å². The minimum absolute atomic E-state index is 0.0373. The Morgan fingerprint density at radius 3 is 2.55 bits per heavy atom. The van der Waals surface area contributed by atoms with Gasteiger partial charge in [-0.25, -0.2) is 0 Å². The van der Waals surface area contributed by atoms with E-state index in [4.69, 9.17) is 10.5 Å². The van der Waals surface area contributed by atoms with E-state index in [0.29, 0.717) is 23.8 Å². The monoisotopic (exact) mass is 450 g/mol. The van der Waals surface area contributed by atoms with Crippen LogP contribution in [0.2, 0.25) is 0 Å². The van der Waals surface area contributed by atoms with Crippen molar-refractivity contribution in [2.24, 2.45) is 17.6 Å². The number of benzene rings is 2. The van der Waals surface area contributed by atoms with Gasteiger partial charge in [-0.2, -0.15) is 0 Å². The molecule has 4 N–H and O–H groups in total. The summed E-state index contributed by atoms with van der Waals surface area (Å²) in [5.41, 5.74) is 8.89. The molecule has 176 valence electrons. The number of nitrogens with zero attached hydrogens (tertiary/aromatic N) is 1. The number of aliphatic hydroxyl groups excluding tert-OH is 2. The zero-order chi connectivity index (χ0) is 22.9. The molecule has 2 bridgehead atoms. The van der Waals surface area contributed by atoms with Crippen molar-refractivity contribution in [3.63, 3.8) is 0 Å². The van der Waals surface area contributed by atoms with E-state index in [0.717, 1.165) is 50.8 Å². The van der Waals surface area contributed by atoms with Crippen LogP contribution in [0, 0.1) is 11.8 Å². The number of carbonyl (C=O) groups is 1. The SMILES string of the molecule is NCc1cccc(C2CCN(C(=O)c3cccc(O[C@H]4C[C@H]5CC[C@@H]4[C@@H](O)[C@H]5O)c3)CC2)c1. The third-order valence-corrected chi connectivity index (χ3v) is 7.96. The van der Waals surface area contributed by atoms with Crippen LogP contribution in [-0.2, 0) is 6.54 Å². The smallest absolute Gasteiger partial charge is 0.253 e. The maximum Gasteiger partial charge on any atom is 0.253 e. The Morgan fingerprint density at radius 1 is 1.00 bits per heavy atom. The number of nitrogens with two attached hydrogens (primary N) is 1. The lowest BCUT2D eigenvalue weighted by atomic mass is 9.65. The number of carbonyl (C=O) groups excluding carboxylic acids is 1. The summed E-state index contributed by atoms with van der Waals surface area (Å²) in [4.78, 5) is 15.1. The first-order chi connectivity index (χ1) is 16.0. The second-order valence-corrected chi connectivity index (χ2v) is 9.92. The quantitative estimate of drug-likeness (QED) is 0.651. The van der Waals surface area contributed by atoms with Crippen LogP contribution in [0.3, 0.4) is 0 Å². The predicted octanol–water partition coefficient (Wildman–Crippen LogP) is 3.06. The van der Waals surface area contributed by atoms with Crippen LogP contribution in [0.15, 0.2) is 48.5 Å². The Hall–Kier alpha value is -2.41. The molecule has 0 radical (unpaired) electrons. The van der Waals surface area contributed by atoms with Gasteiger partial charge in [-0.05, 0) is 73.3 Å². The van der Waals surface area contributed by atoms with Crippen molar-refractivity contribution in [1.82, 2.24) is 4.90 Å². The molecule has 0 unspecified atom stereocenters. The van der Waals surface area contributed by atoms with Gasteiger partial charge in [-0.3, -0.25) is 4.79 Å². The van der Waals surface area contributed by atoms with Crippen LogP contribution >= 0.6 is 0 Å². The van der Waals surface area contributed by atoms with Gasteiger partial charge < -0.3 is 25.6 Å². The van der Waals surface area contributed by atoms with Gasteiger partial charge in [0, 0.05) is 31.1 Å². The van der Waals surface area contributed by atoms with Crippen LogP contribution in [0.5, 0.6) is 5.75 Å². The van der Waals surface area contributed by atoms with Gasteiger partial charge in [0.2, 0.25) is 0 Å². The van der Waals surface area contributed by atoms with Crippen molar-refractivity contribution in [2.45, 2.75) is 62.9 Å². The number of piperidine rings is 1. The van der Waals surface area contributed by atoms with Gasteiger partial charge in [0.1, 0.15) is 11.9 Å². The van der Waals surface area contributed by atoms with Crippen LogP contribution in [-0.4, -0.2) is 52.4 Å². The molecule has 6 heteroatoms. The number of rotatable bonds is 5. The van der Waals surface area contributed by atoms with E-state index >= 15 is 0 Å². The Bertz CT molecular complexity index is 986. The van der Waals surface area contributed by atoms with E-state index in [1.807, 2.05) is 29.2 Å². The molecular formula is C27H34N2O4. The van der Waals surface area contributed by atoms with Crippen LogP contribution in [0.1, 0.15) is 59.5 Å². The van der Waals surface area contributed by atoms with E-state index in [1.165, 1.54) is 5.56 Å². The number of hydrogen-bond acceptors (Lipinski definition) is 5. The third-order valence-electron chi connectivity index (χ3n) is 7.96. The Kier molecular flexibility index (Phi) is 6.41. The van der Waals surface area contributed by atoms with Gasteiger partial charge in [0.15, 0.2) is 0 Å². The molecule has 1 heterocycles. The van der Waals surface area contributed by atoms with E-state index < -0.39 is 12.2 Å². The van der Waals surface area contributed by atoms with Gasteiger partial charge >= 0.3 is 0 Å². The van der Waals surface area contributed by atoms with Crippen LogP contribution in [0.4, 0.5) is 0 Å². The van der Waals surface area contributed by atoms with Crippen molar-refractivity contribution < 1.29 is 19.7 Å². The van der Waals surface area contributed by atoms with Crippen LogP contribution in [0.25, 0.3) is 0 Å². The average Bonchev–Trinajstić information content (AvgIpc) is 2.87. The first-order valence-electron chi connectivity index (χ1n) is 12.2. The fraction of sp³-hybridized carbons (Fsp3) is 0.519. The molecule has 1 aliphatic heterocycles. The van der Waals surface area contributed by atoms with Gasteiger partial charge in [0.25, 0.3) is 5.91 Å². The summed E-state index contributed by atoms with van der Waals surface area (Å²) >= 11 is 0. The molecule has 2 aromatic carbocycles. The van der Waals surface area contributed by atoms with E-state index in [1.54, 1.807) is 0 Å². The second kappa shape index (κ2) is 9.45. The lowest BCUT2D eigenvalue weighted by Gasteiger charge is -2.48. The molecular weight excluding hydrogens is 416 g/mol. The largest absolute Gasteiger partial charge is 0.490 e. The minimum Gasteiger partial charge on any atom is -0.490 e. The van der Waals surface area contributed by atoms with E-state index in [9.17, 15) is 15.0 Å². The van der Waals surface area contributed by atoms with Crippen molar-refractivity contribution >= 4 is 5.91 Å². The highest BCUT2D eigenvalue weighted by Crippen LogP contribution is 2.43. The highest BCUT2D eigenvalue weighted by molar-refractivity contribution is 5.94. The number of hydrogen-bond donors (Lipinski definition) is 3. The van der Waals surface area contributed by atoms with Gasteiger partial charge in [-0.15, -0.1) is 0 Å². The summed E-state index contributed by atoms with van der Waals surface area (Å²) in [5, 5.41) is 20.5. The van der Waals surface area contributed by atoms with Crippen molar-refractivity contribution in [3.05, 3.63) is 65.2 Å². The minimum atomic E-state index is -0.723. The zero-order valence-corrected chi connectivity index (χ0v) is 19.0. The molecule has 33 heavy (non-hydrogen) atoms. The maximum absolute atomic E-state index is 13.2. The summed E-state index contributed by atoms with van der Waals surface area (Å²) in [6, 6.07) is 15.9. The highest BCUT2D eigenvalue weighted by atomic mass is 16.5. The lowest BCUT2D eigenvalue weighted by Crippen LogP contribution is -2.55. The molecule has 3 saturated carbocycles. The van der Waals surface area contributed by atoms with E-state index in [-0.39, 0.29) is 23.8 Å². The Morgan fingerprint density at radius 2 is 1.79 bits per heavy atom. The van der Waals surface area contributed by atoms with E-state index in [2.05, 4.69) is 24.3 Å². The first kappa shape index (κ1) is 22.4. The predicted molar refractivity (Wildman–Crippen MR) is 126 cm³/mol. The molecule has 6 rings (SSSR count). The first-order valence-corrected chi connectivity index (χ1v) is 12.2. The summed E-state index contributed by atoms with van der Waals surface area (Å²) < 4.78 is 6.23. The Labute approximate surface area is 195 Å². The maximum atomic E-state index is 13.2. The van der Waals surface area contributed by atoms with Crippen molar-refractivity contribution in [3.8, 4) is 5.75 Å². The molecule has 2 aromatic rings. The number of likely N-dealkylation sites (tertiary alicyclic amines) is 1. The molecule has 0 spiro atoms. The summed E-state index contributed by atoms with van der Waals surface area (Å²) in [5.74, 6) is 1.19. The number of ether oxygens (including phenoxy) is 1. The molecule has 4 fully saturated rings. The fourth-order valence-corrected chi connectivity index (χ4v) is 6.00. The fourth-order valence-electron chi connectivity index (χ4n) is 6.00. The molecule has 4 aliphatic rings. The third kappa shape index (κ3) is 4.52. The van der Waals surface area contributed by atoms with Crippen molar-refractivity contribution in [1.29, 1.82) is 0 Å². The molecule has 1 amide bonds. The number of fused-ring (bicyclic) bond motifs is 3. The number of amides is 1. The number of aliphatic hydroxyl groups is 2. The summed E-state index contributed by atoms with van der Waals surface area (Å²) in [7, 11) is 0. The highest BCUT2D eigenvalue weighted by Gasteiger charge is 2.48. The molecule has 3 aliphatic carbocycles. The second-order valence-electron chi connectivity index (χ2n) is 9.92. The topological polar surface area (TPSA) is 96.0 Å². The molecule has 5 atom stereocenters. The molecule has 6 nitrogen and oxygen atoms in total.